The first-order chi connectivity index (χ1) is 13.8. The molecule has 1 saturated heterocycles. The fraction of sp³-hybridized carbons (Fsp3) is 0.211. The minimum Gasteiger partial charge on any atom is -0.323 e. The van der Waals surface area contributed by atoms with E-state index in [4.69, 9.17) is 23.2 Å². The lowest BCUT2D eigenvalue weighted by molar-refractivity contribution is -0.123. The van der Waals surface area contributed by atoms with Crippen LogP contribution < -0.4 is 10.2 Å². The quantitative estimate of drug-likeness (QED) is 0.751. The van der Waals surface area contributed by atoms with Gasteiger partial charge in [-0.15, -0.1) is 0 Å². The van der Waals surface area contributed by atoms with Crippen molar-refractivity contribution in [2.75, 3.05) is 16.8 Å². The van der Waals surface area contributed by atoms with E-state index in [1.807, 2.05) is 19.1 Å². The van der Waals surface area contributed by atoms with E-state index < -0.39 is 29.8 Å². The Hall–Kier alpha value is -2.97. The summed E-state index contributed by atoms with van der Waals surface area (Å²) in [7, 11) is 0. The summed E-state index contributed by atoms with van der Waals surface area (Å²) in [4.78, 5) is 39.1. The fourth-order valence-corrected chi connectivity index (χ4v) is 3.69. The lowest BCUT2D eigenvalue weighted by atomic mass is 10.1. The summed E-state index contributed by atoms with van der Waals surface area (Å²) in [5.41, 5.74) is 1.85. The number of amides is 3. The van der Waals surface area contributed by atoms with Crippen LogP contribution in [0.25, 0.3) is 0 Å². The first kappa shape index (κ1) is 19.4. The SMILES string of the molecule is Cc1ccc(N2C(=O)[C@H]3N=NN(CC(=O)Nc4ccc(Cl)cc4Cl)[C@@H]3C2=O)cc1. The van der Waals surface area contributed by atoms with Crippen LogP contribution in [-0.4, -0.2) is 41.4 Å². The van der Waals surface area contributed by atoms with Crippen molar-refractivity contribution in [2.24, 2.45) is 10.3 Å². The summed E-state index contributed by atoms with van der Waals surface area (Å²) in [5, 5.41) is 12.3. The Kier molecular flexibility index (Phi) is 4.97. The van der Waals surface area contributed by atoms with Crippen LogP contribution in [0.4, 0.5) is 11.4 Å². The molecule has 2 aromatic rings. The smallest absolute Gasteiger partial charge is 0.263 e. The lowest BCUT2D eigenvalue weighted by Crippen LogP contribution is -2.43. The molecule has 0 spiro atoms. The number of carbonyl (C=O) groups is 3. The van der Waals surface area contributed by atoms with Crippen LogP contribution in [-0.2, 0) is 14.4 Å². The maximum absolute atomic E-state index is 12.9. The summed E-state index contributed by atoms with van der Waals surface area (Å²) < 4.78 is 0. The summed E-state index contributed by atoms with van der Waals surface area (Å²) in [6, 6.07) is 9.77. The third kappa shape index (κ3) is 3.56. The standard InChI is InChI=1S/C19H15Cl2N5O3/c1-10-2-5-12(6-3-10)26-18(28)16-17(19(26)29)25(24-23-16)9-15(27)22-14-7-4-11(20)8-13(14)21/h2-8,16-17H,9H2,1H3,(H,22,27)/t16-,17-/m0/s1. The predicted octanol–water partition coefficient (Wildman–Crippen LogP) is 3.23. The van der Waals surface area contributed by atoms with Gasteiger partial charge >= 0.3 is 0 Å². The Labute approximate surface area is 176 Å². The van der Waals surface area contributed by atoms with Crippen LogP contribution in [0.15, 0.2) is 52.8 Å². The molecule has 10 heteroatoms. The Morgan fingerprint density at radius 3 is 2.52 bits per heavy atom. The van der Waals surface area contributed by atoms with Gasteiger partial charge in [0, 0.05) is 5.02 Å². The van der Waals surface area contributed by atoms with Gasteiger partial charge in [-0.2, -0.15) is 5.11 Å². The number of carbonyl (C=O) groups excluding carboxylic acids is 3. The molecule has 2 atom stereocenters. The van der Waals surface area contributed by atoms with Crippen molar-refractivity contribution in [2.45, 2.75) is 19.0 Å². The Morgan fingerprint density at radius 2 is 1.83 bits per heavy atom. The van der Waals surface area contributed by atoms with Gasteiger partial charge in [0.25, 0.3) is 11.8 Å². The highest BCUT2D eigenvalue weighted by molar-refractivity contribution is 6.36. The number of nitrogens with one attached hydrogen (secondary N) is 1. The highest BCUT2D eigenvalue weighted by Crippen LogP contribution is 2.32. The Morgan fingerprint density at radius 1 is 1.10 bits per heavy atom. The van der Waals surface area contributed by atoms with Gasteiger partial charge in [0.05, 0.1) is 16.4 Å². The van der Waals surface area contributed by atoms with E-state index in [0.29, 0.717) is 16.4 Å². The first-order valence-electron chi connectivity index (χ1n) is 8.72. The van der Waals surface area contributed by atoms with Crippen molar-refractivity contribution in [1.29, 1.82) is 0 Å². The average molecular weight is 432 g/mol. The van der Waals surface area contributed by atoms with Crippen molar-refractivity contribution >= 4 is 52.3 Å². The van der Waals surface area contributed by atoms with Crippen LogP contribution in [0.1, 0.15) is 5.56 Å². The van der Waals surface area contributed by atoms with E-state index >= 15 is 0 Å². The third-order valence-electron chi connectivity index (χ3n) is 4.66. The van der Waals surface area contributed by atoms with Crippen molar-refractivity contribution in [3.8, 4) is 0 Å². The first-order valence-corrected chi connectivity index (χ1v) is 9.47. The number of imide groups is 1. The number of nitrogens with zero attached hydrogens (tertiary/aromatic N) is 4. The number of aryl methyl sites for hydroxylation is 1. The van der Waals surface area contributed by atoms with Crippen LogP contribution in [0.2, 0.25) is 10.0 Å². The van der Waals surface area contributed by atoms with Gasteiger partial charge in [0.2, 0.25) is 5.91 Å². The number of anilines is 2. The van der Waals surface area contributed by atoms with E-state index in [2.05, 4.69) is 15.7 Å². The number of hydrogen-bond acceptors (Lipinski definition) is 6. The van der Waals surface area contributed by atoms with Gasteiger partial charge in [0.15, 0.2) is 12.1 Å². The van der Waals surface area contributed by atoms with Gasteiger partial charge in [-0.1, -0.05) is 46.1 Å². The zero-order valence-electron chi connectivity index (χ0n) is 15.2. The zero-order chi connectivity index (χ0) is 20.7. The molecule has 1 N–H and O–H groups in total. The highest BCUT2D eigenvalue weighted by atomic mass is 35.5. The number of hydrogen-bond donors (Lipinski definition) is 1. The van der Waals surface area contributed by atoms with Crippen LogP contribution >= 0.6 is 23.2 Å². The molecule has 0 bridgehead atoms. The maximum atomic E-state index is 12.9. The van der Waals surface area contributed by atoms with Crippen molar-refractivity contribution < 1.29 is 14.4 Å². The molecule has 0 unspecified atom stereocenters. The zero-order valence-corrected chi connectivity index (χ0v) is 16.7. The monoisotopic (exact) mass is 431 g/mol. The molecule has 2 aliphatic heterocycles. The molecule has 4 rings (SSSR count). The number of benzene rings is 2. The molecular formula is C19H15Cl2N5O3. The molecule has 0 saturated carbocycles. The van der Waals surface area contributed by atoms with E-state index in [9.17, 15) is 14.4 Å². The number of fused-ring (bicyclic) bond motifs is 1. The molecule has 0 aliphatic carbocycles. The van der Waals surface area contributed by atoms with Gasteiger partial charge in [0.1, 0.15) is 6.54 Å². The molecule has 2 aromatic carbocycles. The third-order valence-corrected chi connectivity index (χ3v) is 5.21. The summed E-state index contributed by atoms with van der Waals surface area (Å²) in [6.45, 7) is 1.65. The fourth-order valence-electron chi connectivity index (χ4n) is 3.23. The topological polar surface area (TPSA) is 94.4 Å². The second-order valence-electron chi connectivity index (χ2n) is 6.71. The number of halogens is 2. The molecule has 2 aliphatic rings. The summed E-state index contributed by atoms with van der Waals surface area (Å²) >= 11 is 11.9. The van der Waals surface area contributed by atoms with Crippen molar-refractivity contribution in [1.82, 2.24) is 5.01 Å². The second kappa shape index (κ2) is 7.46. The Balaban J connectivity index is 1.49. The lowest BCUT2D eigenvalue weighted by Gasteiger charge is -2.20. The largest absolute Gasteiger partial charge is 0.323 e. The highest BCUT2D eigenvalue weighted by Gasteiger charge is 2.55. The minimum atomic E-state index is -0.962. The molecule has 0 aromatic heterocycles. The van der Waals surface area contributed by atoms with Gasteiger partial charge in [-0.05, 0) is 37.3 Å². The normalized spacial score (nSPS) is 20.4. The molecule has 3 amide bonds. The summed E-state index contributed by atoms with van der Waals surface area (Å²) in [6.07, 6.45) is 0. The van der Waals surface area contributed by atoms with Crippen LogP contribution in [0.5, 0.6) is 0 Å². The molecule has 1 fully saturated rings. The van der Waals surface area contributed by atoms with E-state index in [1.54, 1.807) is 24.3 Å². The molecule has 148 valence electrons. The molecule has 2 heterocycles. The second-order valence-corrected chi connectivity index (χ2v) is 7.56. The minimum absolute atomic E-state index is 0.260. The summed E-state index contributed by atoms with van der Waals surface area (Å²) in [5.74, 6) is -1.38. The van der Waals surface area contributed by atoms with Gasteiger partial charge < -0.3 is 5.32 Å². The predicted molar refractivity (Wildman–Crippen MR) is 108 cm³/mol. The van der Waals surface area contributed by atoms with Crippen molar-refractivity contribution in [3.05, 3.63) is 58.1 Å². The average Bonchev–Trinajstić information content (AvgIpc) is 3.19. The molecule has 8 nitrogen and oxygen atoms in total. The van der Waals surface area contributed by atoms with E-state index in [-0.39, 0.29) is 11.6 Å². The van der Waals surface area contributed by atoms with Gasteiger partial charge in [-0.25, -0.2) is 4.90 Å². The number of rotatable bonds is 4. The molecule has 0 radical (unpaired) electrons. The van der Waals surface area contributed by atoms with E-state index in [0.717, 1.165) is 10.5 Å². The maximum Gasteiger partial charge on any atom is 0.263 e. The Bertz CT molecular complexity index is 1040. The van der Waals surface area contributed by atoms with Crippen LogP contribution in [0, 0.1) is 6.92 Å². The van der Waals surface area contributed by atoms with Crippen molar-refractivity contribution in [3.63, 3.8) is 0 Å². The molecule has 29 heavy (non-hydrogen) atoms. The van der Waals surface area contributed by atoms with Gasteiger partial charge in [-0.3, -0.25) is 19.4 Å². The van der Waals surface area contributed by atoms with E-state index in [1.165, 1.54) is 11.1 Å². The van der Waals surface area contributed by atoms with Crippen LogP contribution in [0.3, 0.4) is 0 Å². The molecular weight excluding hydrogens is 417 g/mol.